The second-order valence-electron chi connectivity index (χ2n) is 16.5. The lowest BCUT2D eigenvalue weighted by atomic mass is 9.55. The number of fused-ring (bicyclic) bond motifs is 2. The molecule has 6 atom stereocenters. The molecule has 66 heavy (non-hydrogen) atoms. The van der Waals surface area contributed by atoms with E-state index in [-0.39, 0.29) is 61.3 Å². The van der Waals surface area contributed by atoms with Gasteiger partial charge >= 0.3 is 6.09 Å². The van der Waals surface area contributed by atoms with Crippen LogP contribution in [0, 0.1) is 27.9 Å². The molecule has 1 fully saturated rings. The molecule has 0 saturated heterocycles. The van der Waals surface area contributed by atoms with Crippen LogP contribution in [0.2, 0.25) is 0 Å². The minimum Gasteiger partial charge on any atom is -0.497 e. The van der Waals surface area contributed by atoms with E-state index in [2.05, 4.69) is 18.0 Å². The number of hydrogen-bond acceptors (Lipinski definition) is 13. The topological polar surface area (TPSA) is 201 Å². The Kier molecular flexibility index (Phi) is 17.4. The molecule has 354 valence electrons. The van der Waals surface area contributed by atoms with Gasteiger partial charge in [-0.2, -0.15) is 0 Å². The molecule has 3 aromatic carbocycles. The van der Waals surface area contributed by atoms with Crippen LogP contribution >= 0.6 is 0 Å². The van der Waals surface area contributed by atoms with Crippen molar-refractivity contribution in [3.05, 3.63) is 112 Å². The van der Waals surface area contributed by atoms with Crippen molar-refractivity contribution in [2.75, 3.05) is 52.5 Å². The van der Waals surface area contributed by atoms with Crippen molar-refractivity contribution >= 4 is 35.2 Å². The Hall–Kier alpha value is -6.23. The average molecular weight is 911 g/mol. The predicted molar refractivity (Wildman–Crippen MR) is 250 cm³/mol. The lowest BCUT2D eigenvalue weighted by Crippen LogP contribution is -2.70. The van der Waals surface area contributed by atoms with Crippen LogP contribution in [-0.2, 0) is 14.4 Å². The fourth-order valence-corrected chi connectivity index (χ4v) is 9.63. The Bertz CT molecular complexity index is 2260. The summed E-state index contributed by atoms with van der Waals surface area (Å²) in [6, 6.07) is 15.5. The highest BCUT2D eigenvalue weighted by Crippen LogP contribution is 2.62. The van der Waals surface area contributed by atoms with E-state index < -0.39 is 28.8 Å². The van der Waals surface area contributed by atoms with Crippen LogP contribution in [0.25, 0.3) is 6.08 Å². The van der Waals surface area contributed by atoms with Gasteiger partial charge in [0.15, 0.2) is 0 Å². The molecular formula is C50H62N4O12. The van der Waals surface area contributed by atoms with Crippen molar-refractivity contribution in [2.24, 2.45) is 22.9 Å². The van der Waals surface area contributed by atoms with Crippen molar-refractivity contribution in [1.29, 1.82) is 0 Å². The first-order valence-corrected chi connectivity index (χ1v) is 22.7. The molecule has 3 aromatic rings. The summed E-state index contributed by atoms with van der Waals surface area (Å²) in [6.45, 7) is 8.63. The maximum Gasteiger partial charge on any atom is 0.417 e. The first-order chi connectivity index (χ1) is 32.0. The van der Waals surface area contributed by atoms with Crippen LogP contribution < -0.4 is 24.3 Å². The molecule has 1 aliphatic heterocycles. The Labute approximate surface area is 386 Å². The lowest BCUT2D eigenvalue weighted by molar-refractivity contribution is -0.384. The molecule has 6 rings (SSSR count). The van der Waals surface area contributed by atoms with Crippen LogP contribution in [0.15, 0.2) is 96.2 Å². The quantitative estimate of drug-likeness (QED) is 0.0269. The number of allylic oxidation sites excluding steroid dienone is 1. The zero-order valence-electron chi connectivity index (χ0n) is 38.2. The zero-order chi connectivity index (χ0) is 47.2. The monoisotopic (exact) mass is 910 g/mol. The van der Waals surface area contributed by atoms with Gasteiger partial charge in [-0.15, -0.1) is 6.58 Å². The molecule has 0 spiro atoms. The van der Waals surface area contributed by atoms with Crippen LogP contribution in [0.3, 0.4) is 0 Å². The molecule has 1 heterocycles. The fraction of sp³-hybridized carbons (Fsp3) is 0.460. The van der Waals surface area contributed by atoms with Crippen molar-refractivity contribution in [3.63, 3.8) is 0 Å². The summed E-state index contributed by atoms with van der Waals surface area (Å²) in [7, 11) is 3.03. The highest BCUT2D eigenvalue weighted by Gasteiger charge is 2.65. The summed E-state index contributed by atoms with van der Waals surface area (Å²) < 4.78 is 31.1. The summed E-state index contributed by atoms with van der Waals surface area (Å²) in [6.07, 6.45) is 11.2. The van der Waals surface area contributed by atoms with E-state index >= 15 is 0 Å². The van der Waals surface area contributed by atoms with Gasteiger partial charge in [0, 0.05) is 61.9 Å². The number of rotatable bonds is 23. The molecule has 0 radical (unpaired) electrons. The minimum absolute atomic E-state index is 0.00802. The van der Waals surface area contributed by atoms with Crippen LogP contribution in [0.5, 0.6) is 23.0 Å². The van der Waals surface area contributed by atoms with Crippen LogP contribution in [0.4, 0.5) is 16.2 Å². The number of non-ortho nitro benzene ring substituents is 1. The Morgan fingerprint density at radius 2 is 1.74 bits per heavy atom. The Morgan fingerprint density at radius 1 is 1.00 bits per heavy atom. The van der Waals surface area contributed by atoms with Gasteiger partial charge in [-0.25, -0.2) is 4.79 Å². The van der Waals surface area contributed by atoms with Gasteiger partial charge < -0.3 is 43.6 Å². The lowest BCUT2D eigenvalue weighted by Gasteiger charge is -2.60. The van der Waals surface area contributed by atoms with Crippen molar-refractivity contribution in [1.82, 2.24) is 4.90 Å². The van der Waals surface area contributed by atoms with Crippen molar-refractivity contribution < 1.29 is 53.2 Å². The van der Waals surface area contributed by atoms with E-state index in [0.717, 1.165) is 30.4 Å². The molecule has 2 aliphatic carbocycles. The van der Waals surface area contributed by atoms with Crippen molar-refractivity contribution in [2.45, 2.75) is 83.0 Å². The zero-order valence-corrected chi connectivity index (χ0v) is 38.2. The Morgan fingerprint density at radius 3 is 2.41 bits per heavy atom. The molecule has 2 amide bonds. The molecule has 0 aromatic heterocycles. The number of oxime groups is 1. The second-order valence-corrected chi connectivity index (χ2v) is 16.5. The standard InChI is InChI=1S/C50H62N4O12/c1-6-25-53(46(57)24-17-33-15-18-35(19-16-33)54(59)60)45-32-42(52-64-8-3)39-29-34(13-9-11-26-55)38(14-10-12-27-56)47-40-30-37(21-23-43(40)66-50(45,48(39)47)63-28-7-2)65-49(58)51-41-22-20-36(61-4)31-44(41)62-5/h7,15-24,29-31,34,38,45,47-48,55-56H,2,6,8-14,25-28,32H2,1,3-5H3,(H,51,58). The minimum atomic E-state index is -1.50. The first-order valence-electron chi connectivity index (χ1n) is 22.7. The molecule has 3 N–H and O–H groups in total. The summed E-state index contributed by atoms with van der Waals surface area (Å²) in [4.78, 5) is 46.7. The first kappa shape index (κ1) is 49.2. The van der Waals surface area contributed by atoms with Gasteiger partial charge in [0.2, 0.25) is 11.7 Å². The van der Waals surface area contributed by atoms with E-state index in [9.17, 15) is 29.9 Å². The summed E-state index contributed by atoms with van der Waals surface area (Å²) in [5.41, 5.74) is 3.23. The van der Waals surface area contributed by atoms with Gasteiger partial charge in [0.1, 0.15) is 35.6 Å². The number of carbonyl (C=O) groups is 2. The van der Waals surface area contributed by atoms with Crippen LogP contribution in [0.1, 0.15) is 82.3 Å². The number of aliphatic hydroxyl groups excluding tert-OH is 2. The summed E-state index contributed by atoms with van der Waals surface area (Å²) >= 11 is 0. The normalized spacial score (nSPS) is 22.3. The molecular weight excluding hydrogens is 849 g/mol. The van der Waals surface area contributed by atoms with Crippen molar-refractivity contribution in [3.8, 4) is 23.0 Å². The number of nitrogens with one attached hydrogen (secondary N) is 1. The molecule has 16 nitrogen and oxygen atoms in total. The number of anilines is 1. The maximum absolute atomic E-state index is 14.7. The second kappa shape index (κ2) is 23.3. The smallest absolute Gasteiger partial charge is 0.417 e. The van der Waals surface area contributed by atoms with E-state index in [1.807, 2.05) is 19.9 Å². The third-order valence-corrected chi connectivity index (χ3v) is 12.5. The van der Waals surface area contributed by atoms with E-state index in [1.165, 1.54) is 32.4 Å². The van der Waals surface area contributed by atoms with Gasteiger partial charge in [-0.3, -0.25) is 20.2 Å². The number of nitro groups is 1. The highest BCUT2D eigenvalue weighted by atomic mass is 16.7. The third-order valence-electron chi connectivity index (χ3n) is 12.5. The number of benzene rings is 3. The van der Waals surface area contributed by atoms with E-state index in [0.29, 0.717) is 73.0 Å². The van der Waals surface area contributed by atoms with Crippen LogP contribution in [-0.4, -0.2) is 96.8 Å². The summed E-state index contributed by atoms with van der Waals surface area (Å²) in [5.74, 6) is -1.12. The molecule has 6 unspecified atom stereocenters. The van der Waals surface area contributed by atoms with E-state index in [1.54, 1.807) is 59.5 Å². The molecule has 3 aliphatic rings. The maximum atomic E-state index is 14.7. The third kappa shape index (κ3) is 11.1. The molecule has 16 heteroatoms. The number of ether oxygens (including phenoxy) is 5. The number of nitro benzene ring substituents is 1. The average Bonchev–Trinajstić information content (AvgIpc) is 3.32. The number of carbonyl (C=O) groups excluding carboxylic acids is 2. The Balaban J connectivity index is 1.51. The number of nitrogens with zero attached hydrogens (tertiary/aromatic N) is 3. The van der Waals surface area contributed by atoms with Gasteiger partial charge in [0.05, 0.1) is 43.1 Å². The molecule has 0 bridgehead atoms. The molecule has 1 saturated carbocycles. The highest BCUT2D eigenvalue weighted by molar-refractivity contribution is 6.03. The number of amides is 2. The van der Waals surface area contributed by atoms with Gasteiger partial charge in [-0.05, 0) is 111 Å². The SMILES string of the molecule is C=CCOC12Oc3ccc(OC(=O)Nc4ccc(OC)cc4OC)cc3C3C(CCCCO)C(CCCCO)C=C(C(=NOCC)CC1N(CCC)C(=O)C=Cc1ccc([N+](=O)[O-])cc1)C32. The number of unbranched alkanes of at least 4 members (excludes halogenated alkanes) is 2. The largest absolute Gasteiger partial charge is 0.497 e. The van der Waals surface area contributed by atoms with Gasteiger partial charge in [0.25, 0.3) is 5.69 Å². The number of methoxy groups -OCH3 is 2. The predicted octanol–water partition coefficient (Wildman–Crippen LogP) is 8.83. The summed E-state index contributed by atoms with van der Waals surface area (Å²) in [5, 5.41) is 38.7. The van der Waals surface area contributed by atoms with E-state index in [4.69, 9.17) is 33.7 Å². The fourth-order valence-electron chi connectivity index (χ4n) is 9.63. The number of aliphatic hydroxyl groups is 2. The number of hydrogen-bond donors (Lipinski definition) is 3. The van der Waals surface area contributed by atoms with Gasteiger partial charge in [-0.1, -0.05) is 37.1 Å².